The molecule has 1 aliphatic rings. The first-order chi connectivity index (χ1) is 11.2. The Morgan fingerprint density at radius 3 is 2.96 bits per heavy atom. The molecule has 0 saturated heterocycles. The predicted molar refractivity (Wildman–Crippen MR) is 84.0 cm³/mol. The van der Waals surface area contributed by atoms with Gasteiger partial charge in [-0.05, 0) is 25.0 Å². The van der Waals surface area contributed by atoms with E-state index in [2.05, 4.69) is 20.6 Å². The van der Waals surface area contributed by atoms with Crippen LogP contribution in [0.1, 0.15) is 36.0 Å². The largest absolute Gasteiger partial charge is 0.324 e. The van der Waals surface area contributed by atoms with Gasteiger partial charge in [-0.25, -0.2) is 4.39 Å². The minimum absolute atomic E-state index is 0.201. The van der Waals surface area contributed by atoms with Crippen molar-refractivity contribution in [2.24, 2.45) is 0 Å². The van der Waals surface area contributed by atoms with Crippen molar-refractivity contribution < 1.29 is 9.18 Å². The van der Waals surface area contributed by atoms with Gasteiger partial charge in [0.05, 0.1) is 5.69 Å². The molecule has 23 heavy (non-hydrogen) atoms. The van der Waals surface area contributed by atoms with Gasteiger partial charge < -0.3 is 5.32 Å². The standard InChI is InChI=1S/C15H14FN5OS/c16-10-3-1-2-4-11(10)17-12(22)7-8-13-20-21-14(9-5-6-9)18-19-15(21)23-13/h1-4,9H,5-8H2,(H,17,22). The van der Waals surface area contributed by atoms with Gasteiger partial charge in [0, 0.05) is 18.8 Å². The SMILES string of the molecule is O=C(CCc1nn2c(C3CC3)nnc2s1)Nc1ccccc1F. The third-order valence-corrected chi connectivity index (χ3v) is 4.67. The number of benzene rings is 1. The fraction of sp³-hybridized carbons (Fsp3) is 0.333. The Labute approximate surface area is 135 Å². The monoisotopic (exact) mass is 331 g/mol. The first-order valence-corrected chi connectivity index (χ1v) is 8.28. The molecule has 4 rings (SSSR count). The van der Waals surface area contributed by atoms with Crippen molar-refractivity contribution in [2.45, 2.75) is 31.6 Å². The second-order valence-electron chi connectivity index (χ2n) is 5.55. The molecule has 0 radical (unpaired) electrons. The van der Waals surface area contributed by atoms with Crippen molar-refractivity contribution in [1.29, 1.82) is 0 Å². The molecule has 2 aromatic heterocycles. The highest BCUT2D eigenvalue weighted by atomic mass is 32.1. The van der Waals surface area contributed by atoms with Gasteiger partial charge >= 0.3 is 0 Å². The van der Waals surface area contributed by atoms with Crippen molar-refractivity contribution in [1.82, 2.24) is 19.8 Å². The van der Waals surface area contributed by atoms with Crippen LogP contribution >= 0.6 is 11.3 Å². The van der Waals surface area contributed by atoms with Crippen LogP contribution in [0.4, 0.5) is 10.1 Å². The van der Waals surface area contributed by atoms with E-state index in [4.69, 9.17) is 0 Å². The second kappa shape index (κ2) is 5.69. The van der Waals surface area contributed by atoms with E-state index < -0.39 is 5.82 Å². The molecule has 0 spiro atoms. The van der Waals surface area contributed by atoms with Crippen LogP contribution in [0.25, 0.3) is 4.96 Å². The first kappa shape index (κ1) is 14.3. The number of hydrogen-bond donors (Lipinski definition) is 1. The van der Waals surface area contributed by atoms with Gasteiger partial charge in [-0.1, -0.05) is 23.5 Å². The highest BCUT2D eigenvalue weighted by Crippen LogP contribution is 2.39. The Morgan fingerprint density at radius 2 is 2.17 bits per heavy atom. The van der Waals surface area contributed by atoms with E-state index in [1.165, 1.54) is 23.5 Å². The average Bonchev–Trinajstić information content (AvgIpc) is 3.17. The van der Waals surface area contributed by atoms with Gasteiger partial charge in [0.25, 0.3) is 0 Å². The van der Waals surface area contributed by atoms with Crippen molar-refractivity contribution in [3.63, 3.8) is 0 Å². The van der Waals surface area contributed by atoms with Gasteiger partial charge in [-0.15, -0.1) is 10.2 Å². The molecule has 6 nitrogen and oxygen atoms in total. The second-order valence-corrected chi connectivity index (χ2v) is 6.59. The van der Waals surface area contributed by atoms with E-state index in [9.17, 15) is 9.18 Å². The lowest BCUT2D eigenvalue weighted by Crippen LogP contribution is -2.13. The topological polar surface area (TPSA) is 72.2 Å². The molecule has 0 atom stereocenters. The Hall–Kier alpha value is -2.35. The van der Waals surface area contributed by atoms with Crippen LogP contribution in [0.2, 0.25) is 0 Å². The molecule has 1 aliphatic carbocycles. The molecular weight excluding hydrogens is 317 g/mol. The number of fused-ring (bicyclic) bond motifs is 1. The van der Waals surface area contributed by atoms with Crippen molar-refractivity contribution >= 4 is 27.9 Å². The third kappa shape index (κ3) is 2.94. The fourth-order valence-corrected chi connectivity index (χ4v) is 3.20. The summed E-state index contributed by atoms with van der Waals surface area (Å²) in [6, 6.07) is 6.12. The Balaban J connectivity index is 1.40. The number of anilines is 1. The van der Waals surface area contributed by atoms with E-state index in [0.29, 0.717) is 12.3 Å². The lowest BCUT2D eigenvalue weighted by Gasteiger charge is -2.04. The zero-order valence-corrected chi connectivity index (χ0v) is 13.0. The van der Waals surface area contributed by atoms with Gasteiger partial charge in [0.1, 0.15) is 10.8 Å². The number of amides is 1. The van der Waals surface area contributed by atoms with Crippen molar-refractivity contribution in [2.75, 3.05) is 5.32 Å². The summed E-state index contributed by atoms with van der Waals surface area (Å²) in [5.41, 5.74) is 0.201. The van der Waals surface area contributed by atoms with E-state index >= 15 is 0 Å². The molecule has 0 bridgehead atoms. The van der Waals surface area contributed by atoms with E-state index in [-0.39, 0.29) is 18.0 Å². The quantitative estimate of drug-likeness (QED) is 0.780. The third-order valence-electron chi connectivity index (χ3n) is 3.71. The molecule has 2 heterocycles. The normalized spacial score (nSPS) is 14.3. The summed E-state index contributed by atoms with van der Waals surface area (Å²) in [5.74, 6) is 0.722. The Kier molecular flexibility index (Phi) is 3.53. The molecule has 0 unspecified atom stereocenters. The Morgan fingerprint density at radius 1 is 1.35 bits per heavy atom. The minimum Gasteiger partial charge on any atom is -0.324 e. The molecule has 3 aromatic rings. The maximum atomic E-state index is 13.5. The number of halogens is 1. The van der Waals surface area contributed by atoms with Gasteiger partial charge in [-0.3, -0.25) is 4.79 Å². The molecule has 1 amide bonds. The molecular formula is C15H14FN5OS. The van der Waals surface area contributed by atoms with Crippen molar-refractivity contribution in [3.05, 3.63) is 40.9 Å². The van der Waals surface area contributed by atoms with Gasteiger partial charge in [0.15, 0.2) is 5.82 Å². The summed E-state index contributed by atoms with van der Waals surface area (Å²) in [7, 11) is 0. The Bertz CT molecular complexity index is 870. The zero-order valence-electron chi connectivity index (χ0n) is 12.2. The van der Waals surface area contributed by atoms with Crippen LogP contribution in [0.15, 0.2) is 24.3 Å². The number of hydrogen-bond acceptors (Lipinski definition) is 5. The number of carbonyl (C=O) groups is 1. The number of rotatable bonds is 5. The van der Waals surface area contributed by atoms with E-state index in [0.717, 1.165) is 28.6 Å². The summed E-state index contributed by atoms with van der Waals surface area (Å²) < 4.78 is 15.3. The molecule has 1 saturated carbocycles. The number of nitrogens with zero attached hydrogens (tertiary/aromatic N) is 4. The van der Waals surface area contributed by atoms with E-state index in [1.807, 2.05) is 0 Å². The zero-order chi connectivity index (χ0) is 15.8. The van der Waals surface area contributed by atoms with Crippen molar-refractivity contribution in [3.8, 4) is 0 Å². The predicted octanol–water partition coefficient (Wildman–Crippen LogP) is 2.77. The number of nitrogens with one attached hydrogen (secondary N) is 1. The molecule has 1 fully saturated rings. The fourth-order valence-electron chi connectivity index (χ4n) is 2.36. The maximum absolute atomic E-state index is 13.5. The molecule has 8 heteroatoms. The highest BCUT2D eigenvalue weighted by molar-refractivity contribution is 7.16. The molecule has 1 aromatic carbocycles. The number of para-hydroxylation sites is 1. The number of aromatic nitrogens is 4. The van der Waals surface area contributed by atoms with Crippen LogP contribution in [0.3, 0.4) is 0 Å². The summed E-state index contributed by atoms with van der Waals surface area (Å²) in [4.78, 5) is 12.7. The van der Waals surface area contributed by atoms with Crippen LogP contribution in [0, 0.1) is 5.82 Å². The van der Waals surface area contributed by atoms with Gasteiger partial charge in [0.2, 0.25) is 10.9 Å². The summed E-state index contributed by atoms with van der Waals surface area (Å²) >= 11 is 1.44. The maximum Gasteiger partial charge on any atom is 0.234 e. The summed E-state index contributed by atoms with van der Waals surface area (Å²) in [6.45, 7) is 0. The van der Waals surface area contributed by atoms with Crippen LogP contribution in [-0.4, -0.2) is 25.7 Å². The van der Waals surface area contributed by atoms with Gasteiger partial charge in [-0.2, -0.15) is 9.61 Å². The van der Waals surface area contributed by atoms with Crippen LogP contribution < -0.4 is 5.32 Å². The van der Waals surface area contributed by atoms with E-state index in [1.54, 1.807) is 16.6 Å². The number of carbonyl (C=O) groups excluding carboxylic acids is 1. The van der Waals surface area contributed by atoms with Crippen LogP contribution in [-0.2, 0) is 11.2 Å². The van der Waals surface area contributed by atoms with Crippen LogP contribution in [0.5, 0.6) is 0 Å². The first-order valence-electron chi connectivity index (χ1n) is 7.46. The smallest absolute Gasteiger partial charge is 0.234 e. The summed E-state index contributed by atoms with van der Waals surface area (Å²) in [5, 5.41) is 16.2. The number of aryl methyl sites for hydroxylation is 1. The lowest BCUT2D eigenvalue weighted by atomic mass is 10.2. The summed E-state index contributed by atoms with van der Waals surface area (Å²) in [6.07, 6.45) is 3.02. The average molecular weight is 331 g/mol. The lowest BCUT2D eigenvalue weighted by molar-refractivity contribution is -0.116. The molecule has 118 valence electrons. The molecule has 1 N–H and O–H groups in total. The molecule has 0 aliphatic heterocycles. The minimum atomic E-state index is -0.436. The highest BCUT2D eigenvalue weighted by Gasteiger charge is 2.30.